The van der Waals surface area contributed by atoms with Crippen LogP contribution in [-0.4, -0.2) is 43.3 Å². The molecule has 0 fully saturated rings. The molecule has 0 amide bonds. The smallest absolute Gasteiger partial charge is 0.305 e. The number of nitrogens with zero attached hydrogens (tertiary/aromatic N) is 2. The molecule has 2 aromatic carbocycles. The van der Waals surface area contributed by atoms with E-state index >= 15 is 0 Å². The van der Waals surface area contributed by atoms with Gasteiger partial charge in [-0.25, -0.2) is 9.07 Å². The third-order valence-electron chi connectivity index (χ3n) is 6.75. The number of aliphatic hydroxyl groups is 2. The lowest BCUT2D eigenvalue weighted by molar-refractivity contribution is -0.139. The fourth-order valence-corrected chi connectivity index (χ4v) is 5.00. The molecule has 0 radical (unpaired) electrons. The van der Waals surface area contributed by atoms with Gasteiger partial charge in [0.2, 0.25) is 0 Å². The number of carbonyl (C=O) groups is 1. The molecule has 4 rings (SSSR count). The predicted octanol–water partition coefficient (Wildman–Crippen LogP) is 5.05. The topological polar surface area (TPSA) is 95.6 Å². The Labute approximate surface area is 210 Å². The number of aryl methyl sites for hydroxylation is 1. The van der Waals surface area contributed by atoms with Gasteiger partial charge < -0.3 is 15.3 Å². The number of rotatable bonds is 11. The summed E-state index contributed by atoms with van der Waals surface area (Å²) >= 11 is 0. The van der Waals surface area contributed by atoms with Crippen molar-refractivity contribution >= 4 is 12.0 Å². The van der Waals surface area contributed by atoms with Gasteiger partial charge in [0.15, 0.2) is 0 Å². The lowest BCUT2D eigenvalue weighted by Crippen LogP contribution is -2.19. The summed E-state index contributed by atoms with van der Waals surface area (Å²) < 4.78 is 15.4. The number of benzene rings is 2. The quantitative estimate of drug-likeness (QED) is 0.348. The number of aliphatic hydroxyl groups excluding tert-OH is 2. The molecular weight excluding hydrogens is 459 g/mol. The van der Waals surface area contributed by atoms with Crippen molar-refractivity contribution < 1.29 is 24.5 Å². The van der Waals surface area contributed by atoms with Crippen LogP contribution in [0, 0.1) is 5.82 Å². The molecule has 1 aliphatic carbocycles. The van der Waals surface area contributed by atoms with Crippen LogP contribution >= 0.6 is 0 Å². The first kappa shape index (κ1) is 25.8. The highest BCUT2D eigenvalue weighted by atomic mass is 19.1. The average Bonchev–Trinajstić information content (AvgIpc) is 3.22. The molecular formula is C29H33FN2O4. The Balaban J connectivity index is 1.57. The van der Waals surface area contributed by atoms with Crippen LogP contribution in [0.5, 0.6) is 0 Å². The minimum Gasteiger partial charge on any atom is -0.481 e. The van der Waals surface area contributed by atoms with Crippen LogP contribution in [0.4, 0.5) is 4.39 Å². The van der Waals surface area contributed by atoms with Crippen molar-refractivity contribution in [2.45, 2.75) is 69.5 Å². The lowest BCUT2D eigenvalue weighted by Gasteiger charge is -2.21. The van der Waals surface area contributed by atoms with Crippen molar-refractivity contribution in [2.24, 2.45) is 0 Å². The van der Waals surface area contributed by atoms with Crippen molar-refractivity contribution in [3.8, 4) is 5.69 Å². The van der Waals surface area contributed by atoms with Crippen LogP contribution in [0.25, 0.3) is 11.8 Å². The van der Waals surface area contributed by atoms with Crippen LogP contribution in [0.3, 0.4) is 0 Å². The van der Waals surface area contributed by atoms with E-state index in [4.69, 9.17) is 10.2 Å². The molecule has 0 bridgehead atoms. The highest BCUT2D eigenvalue weighted by Crippen LogP contribution is 2.37. The summed E-state index contributed by atoms with van der Waals surface area (Å²) in [5, 5.41) is 34.1. The second-order valence-electron chi connectivity index (χ2n) is 9.52. The molecule has 1 aliphatic rings. The Morgan fingerprint density at radius 2 is 1.89 bits per heavy atom. The summed E-state index contributed by atoms with van der Waals surface area (Å²) in [7, 11) is 0. The van der Waals surface area contributed by atoms with Crippen LogP contribution in [0.1, 0.15) is 67.0 Å². The van der Waals surface area contributed by atoms with Crippen molar-refractivity contribution in [1.29, 1.82) is 0 Å². The van der Waals surface area contributed by atoms with E-state index in [0.29, 0.717) is 5.92 Å². The second-order valence-corrected chi connectivity index (χ2v) is 9.52. The van der Waals surface area contributed by atoms with Gasteiger partial charge in [-0.3, -0.25) is 4.79 Å². The fourth-order valence-electron chi connectivity index (χ4n) is 5.00. The Hall–Kier alpha value is -3.29. The maximum absolute atomic E-state index is 13.6. The first-order valence-electron chi connectivity index (χ1n) is 12.6. The molecule has 1 heterocycles. The third-order valence-corrected chi connectivity index (χ3v) is 6.75. The minimum atomic E-state index is -1.13. The molecule has 190 valence electrons. The number of hydrogen-bond acceptors (Lipinski definition) is 4. The minimum absolute atomic E-state index is 0.0716. The molecule has 3 aromatic rings. The van der Waals surface area contributed by atoms with Gasteiger partial charge in [0.25, 0.3) is 0 Å². The Morgan fingerprint density at radius 1 is 1.14 bits per heavy atom. The standard InChI is InChI=1S/C29H33FN2O4/c30-22-12-14-23(15-13-22)32-27(17-16-24(33)18-25(34)19-28(35)36)26-11-5-10-21(29(26)31-32)9-4-8-20-6-2-1-3-7-20/h1-3,6-7,12-17,21,24-25,33-34H,4-5,8-11,18-19H2,(H,35,36)/b17-16+/t21?,24-,25-/m1/s1. The van der Waals surface area contributed by atoms with E-state index in [1.165, 1.54) is 17.7 Å². The first-order chi connectivity index (χ1) is 17.4. The molecule has 3 N–H and O–H groups in total. The number of fused-ring (bicyclic) bond motifs is 1. The van der Waals surface area contributed by atoms with E-state index in [9.17, 15) is 19.4 Å². The first-order valence-corrected chi connectivity index (χ1v) is 12.6. The number of aromatic nitrogens is 2. The predicted molar refractivity (Wildman–Crippen MR) is 136 cm³/mol. The number of halogens is 1. The van der Waals surface area contributed by atoms with Gasteiger partial charge in [-0.1, -0.05) is 36.4 Å². The summed E-state index contributed by atoms with van der Waals surface area (Å²) in [6, 6.07) is 16.6. The third kappa shape index (κ3) is 6.68. The van der Waals surface area contributed by atoms with Gasteiger partial charge in [-0.2, -0.15) is 5.10 Å². The zero-order valence-corrected chi connectivity index (χ0v) is 20.3. The highest BCUT2D eigenvalue weighted by molar-refractivity contribution is 5.67. The number of aliphatic carboxylic acids is 1. The molecule has 36 heavy (non-hydrogen) atoms. The van der Waals surface area contributed by atoms with Gasteiger partial charge in [0.1, 0.15) is 5.82 Å². The average molecular weight is 493 g/mol. The van der Waals surface area contributed by atoms with Crippen LogP contribution in [0.2, 0.25) is 0 Å². The molecule has 3 atom stereocenters. The van der Waals surface area contributed by atoms with Gasteiger partial charge in [0.05, 0.1) is 35.7 Å². The Kier molecular flexibility index (Phi) is 8.67. The molecule has 0 saturated heterocycles. The van der Waals surface area contributed by atoms with E-state index in [-0.39, 0.29) is 12.2 Å². The van der Waals surface area contributed by atoms with E-state index < -0.39 is 24.6 Å². The molecule has 0 spiro atoms. The Morgan fingerprint density at radius 3 is 2.61 bits per heavy atom. The summed E-state index contributed by atoms with van der Waals surface area (Å²) in [5.41, 5.74) is 5.07. The van der Waals surface area contributed by atoms with Crippen molar-refractivity contribution in [2.75, 3.05) is 0 Å². The van der Waals surface area contributed by atoms with E-state index in [1.807, 2.05) is 6.07 Å². The van der Waals surface area contributed by atoms with Gasteiger partial charge in [0, 0.05) is 17.9 Å². The zero-order chi connectivity index (χ0) is 25.5. The summed E-state index contributed by atoms with van der Waals surface area (Å²) in [6.45, 7) is 0. The molecule has 1 unspecified atom stereocenters. The number of carboxylic acid groups (broad SMARTS) is 1. The van der Waals surface area contributed by atoms with Gasteiger partial charge >= 0.3 is 5.97 Å². The largest absolute Gasteiger partial charge is 0.481 e. The molecule has 6 nitrogen and oxygen atoms in total. The van der Waals surface area contributed by atoms with E-state index in [2.05, 4.69) is 24.3 Å². The highest BCUT2D eigenvalue weighted by Gasteiger charge is 2.27. The SMILES string of the molecule is O=C(O)C[C@H](O)C[C@H](O)/C=C/c1c2c(nn1-c1ccc(F)cc1)C(CCCc1ccccc1)CCC2. The normalized spacial score (nSPS) is 17.1. The van der Waals surface area contributed by atoms with E-state index in [0.717, 1.165) is 61.2 Å². The maximum Gasteiger partial charge on any atom is 0.305 e. The van der Waals surface area contributed by atoms with Crippen molar-refractivity contribution in [3.05, 3.63) is 89.0 Å². The van der Waals surface area contributed by atoms with Crippen LogP contribution in [0.15, 0.2) is 60.7 Å². The molecule has 0 saturated carbocycles. The van der Waals surface area contributed by atoms with Crippen molar-refractivity contribution in [1.82, 2.24) is 9.78 Å². The van der Waals surface area contributed by atoms with Crippen LogP contribution in [-0.2, 0) is 17.6 Å². The second kappa shape index (κ2) is 12.1. The summed E-state index contributed by atoms with van der Waals surface area (Å²) in [6.07, 6.45) is 6.81. The van der Waals surface area contributed by atoms with Gasteiger partial charge in [-0.05, 0) is 74.4 Å². The summed E-state index contributed by atoms with van der Waals surface area (Å²) in [4.78, 5) is 10.8. The van der Waals surface area contributed by atoms with Crippen molar-refractivity contribution in [3.63, 3.8) is 0 Å². The number of hydrogen-bond donors (Lipinski definition) is 3. The zero-order valence-electron chi connectivity index (χ0n) is 20.3. The summed E-state index contributed by atoms with van der Waals surface area (Å²) in [5.74, 6) is -1.11. The molecule has 7 heteroatoms. The molecule has 0 aliphatic heterocycles. The number of carboxylic acids is 1. The lowest BCUT2D eigenvalue weighted by atomic mass is 9.83. The Bertz CT molecular complexity index is 1170. The molecule has 1 aromatic heterocycles. The van der Waals surface area contributed by atoms with Crippen LogP contribution < -0.4 is 0 Å². The maximum atomic E-state index is 13.6. The monoisotopic (exact) mass is 492 g/mol. The van der Waals surface area contributed by atoms with Gasteiger partial charge in [-0.15, -0.1) is 0 Å². The van der Waals surface area contributed by atoms with E-state index in [1.54, 1.807) is 29.0 Å². The fraction of sp³-hybridized carbons (Fsp3) is 0.379.